The smallest absolute Gasteiger partial charge is 0.199 e. The van der Waals surface area contributed by atoms with Gasteiger partial charge < -0.3 is 0 Å². The molecule has 110 valence electrons. The van der Waals surface area contributed by atoms with Gasteiger partial charge in [-0.15, -0.1) is 0 Å². The van der Waals surface area contributed by atoms with Crippen LogP contribution in [0, 0.1) is 3.57 Å². The molecule has 0 spiro atoms. The number of hydrogen-bond donors (Lipinski definition) is 0. The van der Waals surface area contributed by atoms with Gasteiger partial charge in [0.2, 0.25) is 0 Å². The molecule has 0 saturated heterocycles. The topological polar surface area (TPSA) is 46.5 Å². The third kappa shape index (κ3) is 4.14. The molecule has 0 radical (unpaired) electrons. The number of aryl methyl sites for hydroxylation is 1. The Labute approximate surface area is 139 Å². The molecule has 0 saturated carbocycles. The first kappa shape index (κ1) is 16.2. The summed E-state index contributed by atoms with van der Waals surface area (Å²) in [6, 6.07) is 14.5. The summed E-state index contributed by atoms with van der Waals surface area (Å²) in [5.74, 6) is 0. The lowest BCUT2D eigenvalue weighted by atomic mass is 10.1. The molecule has 0 unspecified atom stereocenters. The molecular weight excluding hydrogens is 397 g/mol. The number of rotatable bonds is 4. The Morgan fingerprint density at radius 3 is 2.14 bits per heavy atom. The van der Waals surface area contributed by atoms with Gasteiger partial charge >= 0.3 is 0 Å². The number of nitrogens with zero attached hydrogens (tertiary/aromatic N) is 1. The minimum Gasteiger partial charge on any atom is -0.199 e. The van der Waals surface area contributed by atoms with Crippen molar-refractivity contribution in [2.24, 2.45) is 4.40 Å². The highest BCUT2D eigenvalue weighted by atomic mass is 127. The van der Waals surface area contributed by atoms with Gasteiger partial charge in [0.05, 0.1) is 10.6 Å². The van der Waals surface area contributed by atoms with E-state index in [2.05, 4.69) is 33.9 Å². The van der Waals surface area contributed by atoms with Crippen molar-refractivity contribution in [2.45, 2.75) is 25.2 Å². The van der Waals surface area contributed by atoms with Crippen LogP contribution in [0.5, 0.6) is 0 Å². The quantitative estimate of drug-likeness (QED) is 0.561. The maximum atomic E-state index is 12.3. The second-order valence-electron chi connectivity index (χ2n) is 4.66. The molecule has 0 aliphatic carbocycles. The van der Waals surface area contributed by atoms with E-state index >= 15 is 0 Å². The number of halogens is 1. The molecule has 0 bridgehead atoms. The summed E-state index contributed by atoms with van der Waals surface area (Å²) in [5, 5.41) is 0. The molecule has 0 N–H and O–H groups in total. The molecule has 3 nitrogen and oxygen atoms in total. The Hall–Kier alpha value is -1.21. The lowest BCUT2D eigenvalue weighted by molar-refractivity contribution is 0.598. The Morgan fingerprint density at radius 2 is 1.62 bits per heavy atom. The summed E-state index contributed by atoms with van der Waals surface area (Å²) in [6.45, 7) is 3.79. The fourth-order valence-corrected chi connectivity index (χ4v) is 3.28. The Morgan fingerprint density at radius 1 is 1.05 bits per heavy atom. The zero-order valence-corrected chi connectivity index (χ0v) is 14.8. The molecule has 0 amide bonds. The number of hydrogen-bond acceptors (Lipinski definition) is 2. The highest BCUT2D eigenvalue weighted by Crippen LogP contribution is 2.16. The highest BCUT2D eigenvalue weighted by molar-refractivity contribution is 14.1. The molecule has 2 aromatic rings. The SMILES string of the molecule is CCc1ccc(C(C)=NS(=O)(=O)c2ccc(I)cc2)cc1. The van der Waals surface area contributed by atoms with Crippen molar-refractivity contribution in [1.82, 2.24) is 0 Å². The van der Waals surface area contributed by atoms with Crippen LogP contribution in [0.25, 0.3) is 0 Å². The van der Waals surface area contributed by atoms with Crippen molar-refractivity contribution in [2.75, 3.05) is 0 Å². The molecule has 0 aromatic heterocycles. The standard InChI is InChI=1S/C16H16INO2S/c1-3-13-4-6-14(7-5-13)12(2)18-21(19,20)16-10-8-15(17)9-11-16/h4-11H,3H2,1-2H3. The maximum absolute atomic E-state index is 12.3. The van der Waals surface area contributed by atoms with E-state index in [0.29, 0.717) is 5.71 Å². The molecule has 2 rings (SSSR count). The zero-order valence-electron chi connectivity index (χ0n) is 11.9. The average Bonchev–Trinajstić information content (AvgIpc) is 2.47. The van der Waals surface area contributed by atoms with Crippen molar-refractivity contribution in [1.29, 1.82) is 0 Å². The van der Waals surface area contributed by atoms with Crippen molar-refractivity contribution in [3.8, 4) is 0 Å². The van der Waals surface area contributed by atoms with Crippen molar-refractivity contribution >= 4 is 38.3 Å². The van der Waals surface area contributed by atoms with Gasteiger partial charge in [0.25, 0.3) is 10.0 Å². The third-order valence-electron chi connectivity index (χ3n) is 3.15. The Bertz CT molecular complexity index is 748. The van der Waals surface area contributed by atoms with E-state index < -0.39 is 10.0 Å². The first-order valence-corrected chi connectivity index (χ1v) is 9.10. The first-order valence-electron chi connectivity index (χ1n) is 6.59. The van der Waals surface area contributed by atoms with Crippen LogP contribution in [0.2, 0.25) is 0 Å². The van der Waals surface area contributed by atoms with E-state index in [9.17, 15) is 8.42 Å². The molecule has 0 heterocycles. The van der Waals surface area contributed by atoms with Gasteiger partial charge in [-0.25, -0.2) is 0 Å². The summed E-state index contributed by atoms with van der Waals surface area (Å²) in [5.41, 5.74) is 2.53. The monoisotopic (exact) mass is 413 g/mol. The minimum absolute atomic E-state index is 0.215. The predicted molar refractivity (Wildman–Crippen MR) is 94.4 cm³/mol. The van der Waals surface area contributed by atoms with Crippen molar-refractivity contribution in [3.63, 3.8) is 0 Å². The van der Waals surface area contributed by atoms with E-state index in [1.165, 1.54) is 5.56 Å². The highest BCUT2D eigenvalue weighted by Gasteiger charge is 2.13. The normalized spacial score (nSPS) is 12.4. The van der Waals surface area contributed by atoms with Crippen LogP contribution in [0.4, 0.5) is 0 Å². The number of sulfonamides is 1. The van der Waals surface area contributed by atoms with Crippen LogP contribution in [-0.2, 0) is 16.4 Å². The maximum Gasteiger partial charge on any atom is 0.282 e. The molecule has 0 fully saturated rings. The van der Waals surface area contributed by atoms with Gasteiger partial charge in [0.15, 0.2) is 0 Å². The molecule has 21 heavy (non-hydrogen) atoms. The van der Waals surface area contributed by atoms with Crippen LogP contribution in [0.3, 0.4) is 0 Å². The third-order valence-corrected chi connectivity index (χ3v) is 5.25. The summed E-state index contributed by atoms with van der Waals surface area (Å²) in [4.78, 5) is 0.215. The summed E-state index contributed by atoms with van der Waals surface area (Å²) in [6.07, 6.45) is 0.956. The Balaban J connectivity index is 2.33. The van der Waals surface area contributed by atoms with Crippen LogP contribution in [0.15, 0.2) is 57.8 Å². The van der Waals surface area contributed by atoms with Crippen molar-refractivity contribution < 1.29 is 8.42 Å². The largest absolute Gasteiger partial charge is 0.282 e. The average molecular weight is 413 g/mol. The first-order chi connectivity index (χ1) is 9.92. The van der Waals surface area contributed by atoms with E-state index in [1.54, 1.807) is 31.2 Å². The second kappa shape index (κ2) is 6.70. The van der Waals surface area contributed by atoms with Crippen LogP contribution in [-0.4, -0.2) is 14.1 Å². The van der Waals surface area contributed by atoms with Gasteiger partial charge in [-0.3, -0.25) is 0 Å². The van der Waals surface area contributed by atoms with Crippen LogP contribution in [0.1, 0.15) is 25.0 Å². The zero-order chi connectivity index (χ0) is 15.5. The summed E-state index contributed by atoms with van der Waals surface area (Å²) in [7, 11) is -3.66. The molecule has 0 atom stereocenters. The minimum atomic E-state index is -3.66. The van der Waals surface area contributed by atoms with Gasteiger partial charge in [0.1, 0.15) is 0 Å². The van der Waals surface area contributed by atoms with Gasteiger partial charge in [0, 0.05) is 3.57 Å². The van der Waals surface area contributed by atoms with Crippen molar-refractivity contribution in [3.05, 3.63) is 63.2 Å². The molecule has 0 aliphatic heterocycles. The molecule has 2 aromatic carbocycles. The van der Waals surface area contributed by atoms with Gasteiger partial charge in [-0.05, 0) is 71.3 Å². The summed E-state index contributed by atoms with van der Waals surface area (Å²) < 4.78 is 29.4. The second-order valence-corrected chi connectivity index (χ2v) is 7.51. The molecular formula is C16H16INO2S. The van der Waals surface area contributed by atoms with Crippen LogP contribution < -0.4 is 0 Å². The van der Waals surface area contributed by atoms with E-state index in [4.69, 9.17) is 0 Å². The Kier molecular flexibility index (Phi) is 5.16. The fraction of sp³-hybridized carbons (Fsp3) is 0.188. The summed E-state index contributed by atoms with van der Waals surface area (Å²) >= 11 is 2.14. The predicted octanol–water partition coefficient (Wildman–Crippen LogP) is 4.05. The fourth-order valence-electron chi connectivity index (χ4n) is 1.87. The van der Waals surface area contributed by atoms with E-state index in [1.807, 2.05) is 24.3 Å². The van der Waals surface area contributed by atoms with Gasteiger partial charge in [-0.1, -0.05) is 31.2 Å². The van der Waals surface area contributed by atoms with E-state index in [-0.39, 0.29) is 4.90 Å². The lowest BCUT2D eigenvalue weighted by Gasteiger charge is -2.04. The van der Waals surface area contributed by atoms with Gasteiger partial charge in [-0.2, -0.15) is 12.8 Å². The molecule has 5 heteroatoms. The number of benzene rings is 2. The van der Waals surface area contributed by atoms with E-state index in [0.717, 1.165) is 15.6 Å². The lowest BCUT2D eigenvalue weighted by Crippen LogP contribution is -2.03. The molecule has 0 aliphatic rings. The van der Waals surface area contributed by atoms with Crippen LogP contribution >= 0.6 is 22.6 Å².